The van der Waals surface area contributed by atoms with Gasteiger partial charge in [-0.25, -0.2) is 4.79 Å². The second-order valence-electron chi connectivity index (χ2n) is 29.6. The summed E-state index contributed by atoms with van der Waals surface area (Å²) in [5.74, 6) is -9.15. The number of aliphatic hydroxyl groups is 25. The molecule has 9 fully saturated rings. The quantitative estimate of drug-likeness (QED) is 0.0306. The van der Waals surface area contributed by atoms with Crippen LogP contribution in [0.4, 0.5) is 0 Å². The highest BCUT2D eigenvalue weighted by atomic mass is 16.8. The fraction of sp³-hybridized carbons (Fsp3) is 0.923. The molecule has 9 rings (SSSR count). The van der Waals surface area contributed by atoms with Gasteiger partial charge in [0, 0.05) is 34.1 Å². The van der Waals surface area contributed by atoms with Crippen molar-refractivity contribution in [3.05, 3.63) is 0 Å². The van der Waals surface area contributed by atoms with Crippen molar-refractivity contribution in [1.82, 2.24) is 21.3 Å². The molecule has 0 aromatic rings. The van der Waals surface area contributed by atoms with E-state index < -0.39 is 371 Å². The summed E-state index contributed by atoms with van der Waals surface area (Å²) in [4.78, 5) is 64.1. The number of carbonyl (C=O) groups excluding carboxylic acids is 4. The number of carbonyl (C=O) groups is 5. The molecular formula is C65H108N4O48. The van der Waals surface area contributed by atoms with Crippen LogP contribution < -0.4 is 21.3 Å². The largest absolute Gasteiger partial charge is 0.477 e. The molecule has 0 radical (unpaired) electrons. The Hall–Kier alpha value is -4.33. The van der Waals surface area contributed by atoms with E-state index in [-0.39, 0.29) is 0 Å². The van der Waals surface area contributed by atoms with Crippen molar-refractivity contribution in [1.29, 1.82) is 0 Å². The molecule has 4 amide bonds. The average molecular weight is 1710 g/mol. The highest BCUT2D eigenvalue weighted by Crippen LogP contribution is 2.42. The number of hydrogen-bond donors (Lipinski definition) is 30. The summed E-state index contributed by atoms with van der Waals surface area (Å²) in [6, 6.07) is -7.54. The standard InChI is InChI=1S/C65H108N4O48/c1-15-33(82)42(91)45(94)59(103-15)102-14-28-51(39(88)30(56(98)104-28)67-17(3)77)111-57-31(68-18(4)78)40(89)49(25(11-74)108-57)112-61-47(96)53(38(87)27(110-61)13-101-60-46(95)43(92)35(84)22(8-71)105-60)114-63-55(44(93)36(85)23(9-72)107-63)115-58-32(69-19(5)79)41(90)50(26(12-75)109-58)113-62-48(97)54(37(86)24(10-73)106-62)117-65(64(99)100)6-20(80)29(66-16(2)76)52(116-65)34(83)21(81)7-70/h15,20-63,70-75,80-98H,6-14H2,1-5H3,(H,66,76)(H,67,77)(H,68,78)(H,69,79)(H,99,100)/t15-,20+,21-,22-,23-,24-,25-,26-,27-,28-,29-,30-,31-,32-,33+,34-,35-,36-,37+,38-,39-,40-,41-,42+,43+,44+,45-,46+,47+,48-,49-,50-,51-,52-,53+,54+,55+,56-,57-,58+,59-,60+,61+,62+,63-,65+/m1/s1. The highest BCUT2D eigenvalue weighted by molar-refractivity contribution is 5.77. The Kier molecular flexibility index (Phi) is 34.2. The highest BCUT2D eigenvalue weighted by Gasteiger charge is 2.63. The Morgan fingerprint density at radius 3 is 1.24 bits per heavy atom. The van der Waals surface area contributed by atoms with Gasteiger partial charge in [0.25, 0.3) is 5.79 Å². The molecule has 30 N–H and O–H groups in total. The maximum absolute atomic E-state index is 13.2. The van der Waals surface area contributed by atoms with Crippen LogP contribution in [0.2, 0.25) is 0 Å². The van der Waals surface area contributed by atoms with Gasteiger partial charge in [0.1, 0.15) is 207 Å². The number of rotatable bonds is 31. The monoisotopic (exact) mass is 1710 g/mol. The van der Waals surface area contributed by atoms with Crippen molar-refractivity contribution in [3.63, 3.8) is 0 Å². The minimum atomic E-state index is -3.30. The normalized spacial score (nSPS) is 47.9. The molecule has 0 unspecified atom stereocenters. The summed E-state index contributed by atoms with van der Waals surface area (Å²) in [5, 5.41) is 298. The summed E-state index contributed by atoms with van der Waals surface area (Å²) in [7, 11) is 0. The van der Waals surface area contributed by atoms with Gasteiger partial charge in [0.2, 0.25) is 23.6 Å². The van der Waals surface area contributed by atoms with E-state index in [1.807, 2.05) is 0 Å². The van der Waals surface area contributed by atoms with E-state index in [2.05, 4.69) is 21.3 Å². The second kappa shape index (κ2) is 41.4. The molecule has 9 saturated heterocycles. The number of carboxylic acids is 1. The molecule has 0 aromatic heterocycles. The van der Waals surface area contributed by atoms with Crippen LogP contribution in [0.1, 0.15) is 41.0 Å². The van der Waals surface area contributed by atoms with Gasteiger partial charge in [0.15, 0.2) is 50.3 Å². The fourth-order valence-corrected chi connectivity index (χ4v) is 15.0. The Labute approximate surface area is 662 Å². The zero-order valence-electron chi connectivity index (χ0n) is 63.0. The third-order valence-electron chi connectivity index (χ3n) is 21.3. The Balaban J connectivity index is 1.00. The molecule has 0 saturated carbocycles. The average Bonchev–Trinajstić information content (AvgIpc) is 0.756. The first-order valence-electron chi connectivity index (χ1n) is 37.1. The molecule has 9 aliphatic rings. The smallest absolute Gasteiger partial charge is 0.364 e. The second-order valence-corrected chi connectivity index (χ2v) is 29.6. The van der Waals surface area contributed by atoms with Gasteiger partial charge in [-0.05, 0) is 6.92 Å². The lowest BCUT2D eigenvalue weighted by Crippen LogP contribution is -2.71. The molecule has 117 heavy (non-hydrogen) atoms. The molecule has 0 aromatic carbocycles. The molecule has 0 aliphatic carbocycles. The van der Waals surface area contributed by atoms with Gasteiger partial charge in [0.05, 0.1) is 71.1 Å². The number of nitrogens with one attached hydrogen (secondary N) is 4. The predicted octanol–water partition coefficient (Wildman–Crippen LogP) is -19.8. The summed E-state index contributed by atoms with van der Waals surface area (Å²) < 4.78 is 99.9. The maximum atomic E-state index is 13.2. The lowest BCUT2D eigenvalue weighted by Gasteiger charge is -2.51. The van der Waals surface area contributed by atoms with Crippen molar-refractivity contribution in [2.24, 2.45) is 0 Å². The van der Waals surface area contributed by atoms with Crippen molar-refractivity contribution < 1.29 is 237 Å². The molecule has 52 nitrogen and oxygen atoms in total. The van der Waals surface area contributed by atoms with Crippen LogP contribution in [0.15, 0.2) is 0 Å². The third kappa shape index (κ3) is 21.4. The van der Waals surface area contributed by atoms with E-state index in [1.54, 1.807) is 0 Å². The van der Waals surface area contributed by atoms with E-state index in [1.165, 1.54) is 6.92 Å². The number of amides is 4. The molecule has 46 atom stereocenters. The molecule has 0 bridgehead atoms. The molecular weight excluding hydrogens is 1600 g/mol. The van der Waals surface area contributed by atoms with E-state index in [0.29, 0.717) is 0 Å². The summed E-state index contributed by atoms with van der Waals surface area (Å²) in [6.07, 6.45) is -88.0. The Morgan fingerprint density at radius 2 is 0.744 bits per heavy atom. The van der Waals surface area contributed by atoms with E-state index in [4.69, 9.17) is 80.5 Å². The molecule has 9 heterocycles. The zero-order valence-corrected chi connectivity index (χ0v) is 63.0. The van der Waals surface area contributed by atoms with Gasteiger partial charge in [-0.3, -0.25) is 19.2 Å². The van der Waals surface area contributed by atoms with Crippen molar-refractivity contribution in [2.75, 3.05) is 52.9 Å². The van der Waals surface area contributed by atoms with Crippen molar-refractivity contribution in [3.8, 4) is 0 Å². The van der Waals surface area contributed by atoms with Gasteiger partial charge in [-0.2, -0.15) is 0 Å². The van der Waals surface area contributed by atoms with Crippen LogP contribution in [-0.2, 0) is 104 Å². The van der Waals surface area contributed by atoms with Crippen LogP contribution in [0.25, 0.3) is 0 Å². The van der Waals surface area contributed by atoms with Crippen LogP contribution in [-0.4, -0.2) is 497 Å². The minimum absolute atomic E-state index is 0.829. The lowest BCUT2D eigenvalue weighted by molar-refractivity contribution is -0.400. The fourth-order valence-electron chi connectivity index (χ4n) is 15.0. The first-order valence-corrected chi connectivity index (χ1v) is 37.1. The predicted molar refractivity (Wildman–Crippen MR) is 359 cm³/mol. The van der Waals surface area contributed by atoms with Gasteiger partial charge in [-0.1, -0.05) is 0 Å². The van der Waals surface area contributed by atoms with E-state index in [9.17, 15) is 157 Å². The first-order chi connectivity index (χ1) is 55.1. The van der Waals surface area contributed by atoms with Crippen LogP contribution in [0.5, 0.6) is 0 Å². The molecule has 0 spiro atoms. The zero-order chi connectivity index (χ0) is 86.6. The number of hydrogen-bond acceptors (Lipinski definition) is 47. The third-order valence-corrected chi connectivity index (χ3v) is 21.3. The van der Waals surface area contributed by atoms with E-state index >= 15 is 0 Å². The number of carboxylic acid groups (broad SMARTS) is 1. The van der Waals surface area contributed by atoms with Gasteiger partial charge >= 0.3 is 5.97 Å². The number of aliphatic carboxylic acids is 1. The summed E-state index contributed by atoms with van der Waals surface area (Å²) >= 11 is 0. The van der Waals surface area contributed by atoms with Crippen molar-refractivity contribution >= 4 is 29.6 Å². The van der Waals surface area contributed by atoms with Crippen LogP contribution >= 0.6 is 0 Å². The number of ether oxygens (including phenoxy) is 17. The topological polar surface area (TPSA) is 816 Å². The SMILES string of the molecule is CC(=O)N[C@@H]1[C@@H](O)[C@H](O[C@H]2O[C@H](CO)[C@@H](O[C@@H]3O[C@H](CO[C@H]4O[C@H](CO)[C@@H](O)[C@H](O)[C@@H]4O)[C@@H](O)[C@H](O[C@H]4O[C@H](CO)[C@@H](O)[C@H](O)[C@@H]4O[C@@H]4O[C@H](CO)[C@@H](O[C@@H]5O[C@H](CO)[C@H](O)[C@H](O[C@]6(C(=O)O)C[C@H](O)[C@@H](NC(C)=O)[C@H]([C@H](O)[C@H](O)CO)O6)[C@H]5O)[C@H](O)[C@H]4NC(C)=O)[C@@H]3O)[C@H](O)[C@H]2NC(C)=O)[C@@H](CO[C@@H]2O[C@H](C)[C@H](O)[C@H](O)[C@H]2O)O[C@H]1O. The Bertz CT molecular complexity index is 3190. The van der Waals surface area contributed by atoms with Crippen LogP contribution in [0, 0.1) is 0 Å². The first kappa shape index (κ1) is 96.5. The van der Waals surface area contributed by atoms with Crippen molar-refractivity contribution in [2.45, 2.75) is 323 Å². The molecule has 52 heteroatoms. The van der Waals surface area contributed by atoms with Gasteiger partial charge in [-0.15, -0.1) is 0 Å². The lowest BCUT2D eigenvalue weighted by atomic mass is 9.88. The maximum Gasteiger partial charge on any atom is 0.364 e. The van der Waals surface area contributed by atoms with Crippen LogP contribution in [0.3, 0.4) is 0 Å². The number of aliphatic hydroxyl groups excluding tert-OH is 25. The molecule has 9 aliphatic heterocycles. The summed E-state index contributed by atoms with van der Waals surface area (Å²) in [5.41, 5.74) is 0. The summed E-state index contributed by atoms with van der Waals surface area (Å²) in [6.45, 7) is -3.95. The van der Waals surface area contributed by atoms with Gasteiger partial charge < -0.3 is 235 Å². The minimum Gasteiger partial charge on any atom is -0.477 e. The Morgan fingerprint density at radius 1 is 0.368 bits per heavy atom. The van der Waals surface area contributed by atoms with E-state index in [0.717, 1.165) is 27.7 Å². The molecule has 676 valence electrons.